The van der Waals surface area contributed by atoms with Gasteiger partial charge in [0.1, 0.15) is 34.5 Å². The number of hydrogen-bond acceptors (Lipinski definition) is 13. The number of benzene rings is 2. The fourth-order valence-electron chi connectivity index (χ4n) is 7.26. The van der Waals surface area contributed by atoms with Crippen molar-refractivity contribution < 1.29 is 62.8 Å². The molecule has 0 radical (unpaired) electrons. The van der Waals surface area contributed by atoms with Gasteiger partial charge in [0, 0.05) is 61.2 Å². The van der Waals surface area contributed by atoms with Gasteiger partial charge in [-0.05, 0) is 87.1 Å². The summed E-state index contributed by atoms with van der Waals surface area (Å²) in [5.74, 6) is -2.10. The van der Waals surface area contributed by atoms with E-state index in [0.29, 0.717) is 71.5 Å². The number of nitrogens with zero attached hydrogens (tertiary/aromatic N) is 2. The van der Waals surface area contributed by atoms with Crippen LogP contribution in [0.4, 0.5) is 5.69 Å². The van der Waals surface area contributed by atoms with E-state index in [1.165, 1.54) is 31.6 Å². The van der Waals surface area contributed by atoms with Crippen LogP contribution in [0.5, 0.6) is 0 Å². The molecule has 3 aliphatic rings. The fourth-order valence-corrected chi connectivity index (χ4v) is 8.75. The molecule has 1 aromatic rings. The molecule has 3 N–H and O–H groups in total. The monoisotopic (exact) mass is 880 g/mol. The van der Waals surface area contributed by atoms with Gasteiger partial charge in [0.15, 0.2) is 0 Å². The zero-order valence-electron chi connectivity index (χ0n) is 33.1. The van der Waals surface area contributed by atoms with Crippen molar-refractivity contribution in [3.05, 3.63) is 82.6 Å². The molecule has 59 heavy (non-hydrogen) atoms. The molecule has 0 bridgehead atoms. The lowest BCUT2D eigenvalue weighted by atomic mass is 9.77. The van der Waals surface area contributed by atoms with Crippen LogP contribution in [-0.2, 0) is 45.3 Å². The summed E-state index contributed by atoms with van der Waals surface area (Å²) in [4.78, 5) is 26.2. The van der Waals surface area contributed by atoms with Gasteiger partial charge in [-0.15, -0.1) is 0 Å². The summed E-state index contributed by atoms with van der Waals surface area (Å²) in [5, 5.41) is 12.4. The molecule has 4 rings (SSSR count). The molecule has 0 saturated carbocycles. The highest BCUT2D eigenvalue weighted by Gasteiger charge is 2.43. The van der Waals surface area contributed by atoms with Gasteiger partial charge in [0.05, 0.1) is 39.7 Å². The molecule has 324 valence electrons. The number of anilines is 1. The van der Waals surface area contributed by atoms with E-state index in [0.717, 1.165) is 0 Å². The Hall–Kier alpha value is -4.44. The summed E-state index contributed by atoms with van der Waals surface area (Å²) >= 11 is 0. The summed E-state index contributed by atoms with van der Waals surface area (Å²) in [6.07, 6.45) is 8.30. The fraction of sp³-hybridized carbons (Fsp3) is 0.462. The highest BCUT2D eigenvalue weighted by Crippen LogP contribution is 2.51. The maximum Gasteiger partial charge on any atom is 0.303 e. The predicted octanol–water partition coefficient (Wildman–Crippen LogP) is 3.38. The number of amides is 1. The highest BCUT2D eigenvalue weighted by molar-refractivity contribution is 7.86. The lowest BCUT2D eigenvalue weighted by Crippen LogP contribution is -2.39. The molecule has 17 nitrogen and oxygen atoms in total. The lowest BCUT2D eigenvalue weighted by molar-refractivity contribution is -0.137. The summed E-state index contributed by atoms with van der Waals surface area (Å²) in [6.45, 7) is 5.03. The largest absolute Gasteiger partial charge is 0.748 e. The Kier molecular flexibility index (Phi) is 16.2. The maximum absolute atomic E-state index is 13.6. The lowest BCUT2D eigenvalue weighted by Gasteiger charge is -2.31. The minimum atomic E-state index is -4.88. The molecule has 0 fully saturated rings. The van der Waals surface area contributed by atoms with E-state index in [1.54, 1.807) is 47.9 Å². The second-order valence-electron chi connectivity index (χ2n) is 14.3. The Morgan fingerprint density at radius 1 is 1.00 bits per heavy atom. The van der Waals surface area contributed by atoms with Crippen LogP contribution in [-0.4, -0.2) is 107 Å². The van der Waals surface area contributed by atoms with Crippen LogP contribution in [0.25, 0.3) is 17.4 Å². The Morgan fingerprint density at radius 3 is 2.39 bits per heavy atom. The van der Waals surface area contributed by atoms with Crippen molar-refractivity contribution in [3.8, 4) is 11.3 Å². The number of hydrogen-bond donors (Lipinski definition) is 3. The molecule has 1 aliphatic carbocycles. The van der Waals surface area contributed by atoms with Crippen molar-refractivity contribution >= 4 is 54.0 Å². The average molecular weight is 881 g/mol. The summed E-state index contributed by atoms with van der Waals surface area (Å²) in [6, 6.07) is 9.00. The van der Waals surface area contributed by atoms with E-state index in [4.69, 9.17) is 14.3 Å². The van der Waals surface area contributed by atoms with Crippen molar-refractivity contribution in [3.63, 3.8) is 0 Å². The van der Waals surface area contributed by atoms with Gasteiger partial charge < -0.3 is 33.6 Å². The van der Waals surface area contributed by atoms with Crippen molar-refractivity contribution in [2.45, 2.75) is 69.1 Å². The molecule has 1 amide bonds. The standard InChI is InChI=1S/C39H51N3O14S3/c1-4-41(19-10-24-58(49,50)51)34-27-35-30(26-31(34)38(45)40-18-22-55-3)28(16-21-56-35)11-8-12-36-39(2,17-9-23-57(46,47)48)32-25-29(59(52,53)54)14-15-33(32)42(36)20-7-5-6-13-37(43)44/h8,11-12,14-16,21,25-27H,4-7,9-10,13,17-20,22-24H2,1-3H3,(H4-,40,43,44,45,46,47,48,49,50,51,52,53,54)/p-1. The van der Waals surface area contributed by atoms with E-state index in [9.17, 15) is 48.5 Å². The SMILES string of the molecule is CC[N+](CCCS(=O)(=O)O)=c1cc2occc(/C=C/C=C3/N(CCCCCC(=O)O)c4ccc(S(=O)(=O)[O-])cc4C3(C)CCCS(=O)(=O)[O-])c-2cc1C(=O)NCCOC. The summed E-state index contributed by atoms with van der Waals surface area (Å²) in [7, 11) is -12.2. The van der Waals surface area contributed by atoms with Crippen LogP contribution in [0.2, 0.25) is 0 Å². The first kappa shape index (κ1) is 47.2. The highest BCUT2D eigenvalue weighted by atomic mass is 32.2. The first-order valence-corrected chi connectivity index (χ1v) is 23.6. The molecular formula is C39H50N3O14S3-. The molecule has 1 atom stereocenters. The van der Waals surface area contributed by atoms with Gasteiger partial charge in [-0.25, -0.2) is 21.4 Å². The first-order chi connectivity index (χ1) is 27.7. The van der Waals surface area contributed by atoms with E-state index in [1.807, 2.05) is 11.8 Å². The molecule has 20 heteroatoms. The number of allylic oxidation sites excluding steroid dienone is 3. The number of methoxy groups -OCH3 is 1. The normalized spacial score (nSPS) is 17.2. The Labute approximate surface area is 344 Å². The molecule has 0 spiro atoms. The second kappa shape index (κ2) is 20.2. The van der Waals surface area contributed by atoms with Crippen LogP contribution >= 0.6 is 0 Å². The molecule has 2 aliphatic heterocycles. The van der Waals surface area contributed by atoms with Gasteiger partial charge in [-0.2, -0.15) is 8.42 Å². The van der Waals surface area contributed by atoms with Crippen LogP contribution < -0.4 is 20.1 Å². The zero-order chi connectivity index (χ0) is 43.6. The molecule has 0 aromatic heterocycles. The quantitative estimate of drug-likeness (QED) is 0.0742. The smallest absolute Gasteiger partial charge is 0.303 e. The van der Waals surface area contributed by atoms with E-state index in [2.05, 4.69) is 5.32 Å². The topological polar surface area (TPSA) is 264 Å². The number of nitrogens with one attached hydrogen (secondary N) is 1. The maximum atomic E-state index is 13.6. The van der Waals surface area contributed by atoms with Gasteiger partial charge in [0.2, 0.25) is 5.36 Å². The second-order valence-corrected chi connectivity index (χ2v) is 18.8. The van der Waals surface area contributed by atoms with E-state index < -0.39 is 64.0 Å². The minimum absolute atomic E-state index is 0.0199. The number of ether oxygens (including phenoxy) is 1. The van der Waals surface area contributed by atoms with Crippen LogP contribution in [0.3, 0.4) is 0 Å². The van der Waals surface area contributed by atoms with Gasteiger partial charge in [-0.1, -0.05) is 18.6 Å². The number of unbranched alkanes of at least 4 members (excludes halogenated alkanes) is 2. The third kappa shape index (κ3) is 13.0. The third-order valence-electron chi connectivity index (χ3n) is 10.1. The molecule has 2 heterocycles. The van der Waals surface area contributed by atoms with Crippen LogP contribution in [0, 0.1) is 0 Å². The predicted molar refractivity (Wildman–Crippen MR) is 217 cm³/mol. The number of carboxylic acid groups (broad SMARTS) is 1. The van der Waals surface area contributed by atoms with Crippen molar-refractivity contribution in [2.24, 2.45) is 0 Å². The van der Waals surface area contributed by atoms with Crippen LogP contribution in [0.15, 0.2) is 69.8 Å². The van der Waals surface area contributed by atoms with Crippen molar-refractivity contribution in [1.29, 1.82) is 0 Å². The van der Waals surface area contributed by atoms with Gasteiger partial charge >= 0.3 is 5.97 Å². The van der Waals surface area contributed by atoms with Crippen LogP contribution in [0.1, 0.15) is 80.3 Å². The number of carbonyl (C=O) groups excluding carboxylic acids is 1. The Bertz CT molecular complexity index is 2440. The number of carboxylic acids is 1. The molecular weight excluding hydrogens is 831 g/mol. The number of aliphatic carboxylic acids is 1. The van der Waals surface area contributed by atoms with Crippen molar-refractivity contribution in [1.82, 2.24) is 9.89 Å². The first-order valence-electron chi connectivity index (χ1n) is 19.0. The third-order valence-corrected chi connectivity index (χ3v) is 12.5. The summed E-state index contributed by atoms with van der Waals surface area (Å²) in [5.41, 5.74) is 1.96. The van der Waals surface area contributed by atoms with Crippen molar-refractivity contribution in [2.75, 3.05) is 56.3 Å². The molecule has 1 unspecified atom stereocenters. The summed E-state index contributed by atoms with van der Waals surface area (Å²) < 4.78 is 116. The number of fused-ring (bicyclic) bond motifs is 2. The minimum Gasteiger partial charge on any atom is -0.748 e. The molecule has 0 saturated heterocycles. The zero-order valence-corrected chi connectivity index (χ0v) is 35.5. The number of rotatable bonds is 22. The molecule has 1 aromatic carbocycles. The van der Waals surface area contributed by atoms with Gasteiger partial charge in [-0.3, -0.25) is 14.1 Å². The van der Waals surface area contributed by atoms with E-state index in [-0.39, 0.29) is 50.9 Å². The average Bonchev–Trinajstić information content (AvgIpc) is 3.37. The van der Waals surface area contributed by atoms with E-state index >= 15 is 0 Å². The number of carbonyl (C=O) groups is 2. The Balaban J connectivity index is 1.87. The Morgan fingerprint density at radius 2 is 1.75 bits per heavy atom. The van der Waals surface area contributed by atoms with Gasteiger partial charge in [0.25, 0.3) is 16.0 Å².